The average molecular weight is 549 g/mol. The van der Waals surface area contributed by atoms with Gasteiger partial charge in [0.05, 0.1) is 11.4 Å². The van der Waals surface area contributed by atoms with Gasteiger partial charge in [0.15, 0.2) is 0 Å². The fraction of sp³-hybridized carbons (Fsp3) is 0.130. The number of halogens is 2. The maximum Gasteiger partial charge on any atom is 0.259 e. The van der Waals surface area contributed by atoms with Crippen molar-refractivity contribution in [2.75, 3.05) is 11.7 Å². The summed E-state index contributed by atoms with van der Waals surface area (Å²) in [6.07, 6.45) is 1.01. The van der Waals surface area contributed by atoms with Crippen LogP contribution >= 0.6 is 23.2 Å². The molecule has 3 N–H and O–H groups in total. The largest absolute Gasteiger partial charge is 0.293 e. The maximum absolute atomic E-state index is 12.0. The Kier molecular flexibility index (Phi) is 8.31. The van der Waals surface area contributed by atoms with Crippen molar-refractivity contribution in [3.05, 3.63) is 103 Å². The van der Waals surface area contributed by atoms with Crippen molar-refractivity contribution in [2.24, 2.45) is 5.84 Å². The summed E-state index contributed by atoms with van der Waals surface area (Å²) in [6, 6.07) is 15.9. The van der Waals surface area contributed by atoms with Crippen LogP contribution in [-0.4, -0.2) is 33.8 Å². The number of aryl methyl sites for hydroxylation is 2. The molecule has 0 saturated carbocycles. The summed E-state index contributed by atoms with van der Waals surface area (Å²) >= 11 is 11.6. The third-order valence-corrected chi connectivity index (χ3v) is 6.13. The number of nitrogens with one attached hydrogen (secondary N) is 1. The normalized spacial score (nSPS) is 10.9. The quantitative estimate of drug-likeness (QED) is 0.225. The van der Waals surface area contributed by atoms with Gasteiger partial charge in [0.1, 0.15) is 0 Å². The molecule has 188 valence electrons. The van der Waals surface area contributed by atoms with Crippen LogP contribution in [-0.2, 0) is 9.84 Å². The first-order chi connectivity index (χ1) is 16.9. The van der Waals surface area contributed by atoms with E-state index in [0.717, 1.165) is 10.8 Å². The Hall–Kier alpha value is -3.51. The predicted octanol–water partition coefficient (Wildman–Crippen LogP) is 3.08. The van der Waals surface area contributed by atoms with Crippen molar-refractivity contribution in [1.82, 2.24) is 19.1 Å². The van der Waals surface area contributed by atoms with E-state index >= 15 is 0 Å². The molecule has 2 aromatic carbocycles. The Morgan fingerprint density at radius 1 is 0.778 bits per heavy atom. The van der Waals surface area contributed by atoms with E-state index in [2.05, 4.69) is 15.4 Å². The number of benzene rings is 2. The highest BCUT2D eigenvalue weighted by Crippen LogP contribution is 2.16. The van der Waals surface area contributed by atoms with E-state index in [-0.39, 0.29) is 16.7 Å². The van der Waals surface area contributed by atoms with Crippen LogP contribution in [0.25, 0.3) is 11.4 Å². The summed E-state index contributed by atoms with van der Waals surface area (Å²) in [5.41, 5.74) is 3.78. The van der Waals surface area contributed by atoms with Gasteiger partial charge in [0.25, 0.3) is 11.1 Å². The number of anilines is 1. The molecule has 4 rings (SSSR count). The number of hydrogen-bond donors (Lipinski definition) is 2. The van der Waals surface area contributed by atoms with Gasteiger partial charge in [0.2, 0.25) is 20.9 Å². The molecule has 0 spiro atoms. The second kappa shape index (κ2) is 11.0. The van der Waals surface area contributed by atoms with Crippen LogP contribution < -0.4 is 22.4 Å². The third-order valence-electron chi connectivity index (χ3n) is 4.69. The number of nitrogen functional groups attached to an aromatic ring is 1. The second-order valence-corrected chi connectivity index (χ2v) is 10.4. The fourth-order valence-electron chi connectivity index (χ4n) is 3.18. The fourth-order valence-corrected chi connectivity index (χ4v) is 4.27. The smallest absolute Gasteiger partial charge is 0.259 e. The molecule has 0 aliphatic carbocycles. The third kappa shape index (κ3) is 6.38. The zero-order valence-electron chi connectivity index (χ0n) is 19.4. The van der Waals surface area contributed by atoms with E-state index in [1.54, 1.807) is 62.4 Å². The lowest BCUT2D eigenvalue weighted by Crippen LogP contribution is -2.25. The summed E-state index contributed by atoms with van der Waals surface area (Å²) in [4.78, 5) is 32.0. The number of hydrazine groups is 1. The SMILES string of the molecule is Cc1cc(=O)n(-c2ccc(Cl)cc2)c(NN)n1.Cc1cc(=O)n(-c2ccc(Cl)cc2)c(S(C)(=O)=O)n1. The second-order valence-electron chi connectivity index (χ2n) is 7.62. The van der Waals surface area contributed by atoms with Crippen molar-refractivity contribution in [3.63, 3.8) is 0 Å². The Morgan fingerprint density at radius 2 is 1.19 bits per heavy atom. The lowest BCUT2D eigenvalue weighted by Gasteiger charge is -2.11. The molecule has 0 saturated heterocycles. The van der Waals surface area contributed by atoms with E-state index in [0.29, 0.717) is 32.8 Å². The van der Waals surface area contributed by atoms with E-state index in [9.17, 15) is 18.0 Å². The molecule has 0 atom stereocenters. The van der Waals surface area contributed by atoms with Gasteiger partial charge in [0, 0.05) is 39.8 Å². The molecule has 10 nitrogen and oxygen atoms in total. The Morgan fingerprint density at radius 3 is 1.64 bits per heavy atom. The summed E-state index contributed by atoms with van der Waals surface area (Å²) in [5.74, 6) is 5.65. The van der Waals surface area contributed by atoms with Gasteiger partial charge in [-0.25, -0.2) is 28.8 Å². The van der Waals surface area contributed by atoms with Crippen molar-refractivity contribution in [1.29, 1.82) is 0 Å². The molecule has 0 fully saturated rings. The highest BCUT2D eigenvalue weighted by Gasteiger charge is 2.18. The molecule has 13 heteroatoms. The summed E-state index contributed by atoms with van der Waals surface area (Å²) in [7, 11) is -3.62. The Balaban J connectivity index is 0.000000202. The number of hydrogen-bond acceptors (Lipinski definition) is 8. The van der Waals surface area contributed by atoms with Gasteiger partial charge >= 0.3 is 0 Å². The van der Waals surface area contributed by atoms with Crippen molar-refractivity contribution >= 4 is 39.0 Å². The molecule has 0 amide bonds. The molecule has 0 radical (unpaired) electrons. The maximum atomic E-state index is 12.0. The van der Waals surface area contributed by atoms with E-state index in [1.165, 1.54) is 16.7 Å². The van der Waals surface area contributed by atoms with Crippen molar-refractivity contribution < 1.29 is 8.42 Å². The summed E-state index contributed by atoms with van der Waals surface area (Å²) < 4.78 is 25.9. The van der Waals surface area contributed by atoms with E-state index in [1.807, 2.05) is 0 Å². The first-order valence-electron chi connectivity index (χ1n) is 10.3. The highest BCUT2D eigenvalue weighted by molar-refractivity contribution is 7.90. The molecule has 0 aliphatic rings. The van der Waals surface area contributed by atoms with Crippen LogP contribution in [0.1, 0.15) is 11.4 Å². The minimum absolute atomic E-state index is 0.201. The van der Waals surface area contributed by atoms with Crippen LogP contribution in [0.5, 0.6) is 0 Å². The van der Waals surface area contributed by atoms with Crippen LogP contribution in [0.4, 0.5) is 5.95 Å². The van der Waals surface area contributed by atoms with Crippen molar-refractivity contribution in [3.8, 4) is 11.4 Å². The first-order valence-corrected chi connectivity index (χ1v) is 13.0. The number of rotatable bonds is 4. The summed E-state index contributed by atoms with van der Waals surface area (Å²) in [5, 5.41) is 0.821. The van der Waals surface area contributed by atoms with Crippen LogP contribution in [0, 0.1) is 13.8 Å². The predicted molar refractivity (Wildman–Crippen MR) is 140 cm³/mol. The topological polar surface area (TPSA) is 142 Å². The summed E-state index contributed by atoms with van der Waals surface area (Å²) in [6.45, 7) is 3.30. The van der Waals surface area contributed by atoms with Crippen LogP contribution in [0.3, 0.4) is 0 Å². The van der Waals surface area contributed by atoms with Crippen LogP contribution in [0.15, 0.2) is 75.4 Å². The first kappa shape index (κ1) is 27.1. The van der Waals surface area contributed by atoms with Crippen molar-refractivity contribution in [2.45, 2.75) is 19.0 Å². The zero-order chi connectivity index (χ0) is 26.6. The molecule has 2 heterocycles. The highest BCUT2D eigenvalue weighted by atomic mass is 35.5. The molecular formula is C23H22Cl2N6O4S. The monoisotopic (exact) mass is 548 g/mol. The Labute approximate surface area is 216 Å². The van der Waals surface area contributed by atoms with Gasteiger partial charge in [-0.3, -0.25) is 19.6 Å². The molecule has 0 unspecified atom stereocenters. The van der Waals surface area contributed by atoms with E-state index < -0.39 is 15.4 Å². The lowest BCUT2D eigenvalue weighted by atomic mass is 10.3. The lowest BCUT2D eigenvalue weighted by molar-refractivity contribution is 0.583. The van der Waals surface area contributed by atoms with Gasteiger partial charge < -0.3 is 0 Å². The number of nitrogens with two attached hydrogens (primary N) is 1. The Bertz CT molecular complexity index is 1620. The molecular weight excluding hydrogens is 527 g/mol. The van der Waals surface area contributed by atoms with Gasteiger partial charge in [-0.05, 0) is 62.4 Å². The van der Waals surface area contributed by atoms with E-state index in [4.69, 9.17) is 29.0 Å². The standard InChI is InChI=1S/C12H11ClN2O3S.C11H11ClN4O/c1-8-7-11(16)15(12(14-8)19(2,17)18)10-5-3-9(13)4-6-10;1-7-6-10(17)16(11(14-7)15-13)9-4-2-8(12)3-5-9/h3-7H,1-2H3;2-6H,13H2,1H3,(H,14,15). The molecule has 2 aromatic heterocycles. The molecule has 0 bridgehead atoms. The minimum Gasteiger partial charge on any atom is -0.293 e. The van der Waals surface area contributed by atoms with Gasteiger partial charge in [-0.2, -0.15) is 0 Å². The minimum atomic E-state index is -3.62. The molecule has 4 aromatic rings. The van der Waals surface area contributed by atoms with Gasteiger partial charge in [-0.15, -0.1) is 0 Å². The van der Waals surface area contributed by atoms with Gasteiger partial charge in [-0.1, -0.05) is 23.2 Å². The number of sulfone groups is 1. The molecule has 36 heavy (non-hydrogen) atoms. The number of aromatic nitrogens is 4. The number of nitrogens with zero attached hydrogens (tertiary/aromatic N) is 4. The average Bonchev–Trinajstić information content (AvgIpc) is 2.80. The molecule has 0 aliphatic heterocycles. The zero-order valence-corrected chi connectivity index (χ0v) is 21.8. The van der Waals surface area contributed by atoms with Crippen LogP contribution in [0.2, 0.25) is 10.0 Å².